The summed E-state index contributed by atoms with van der Waals surface area (Å²) in [5.41, 5.74) is 2.31. The van der Waals surface area contributed by atoms with Crippen molar-refractivity contribution in [1.82, 2.24) is 10.2 Å². The van der Waals surface area contributed by atoms with Crippen LogP contribution in [0.3, 0.4) is 0 Å². The van der Waals surface area contributed by atoms with Crippen molar-refractivity contribution in [3.8, 4) is 0 Å². The van der Waals surface area contributed by atoms with E-state index in [1.54, 1.807) is 0 Å². The van der Waals surface area contributed by atoms with Crippen molar-refractivity contribution in [2.45, 2.75) is 53.2 Å². The van der Waals surface area contributed by atoms with Crippen molar-refractivity contribution in [2.24, 2.45) is 0 Å². The normalized spacial score (nSPS) is 13.2. The molecule has 0 bridgehead atoms. The van der Waals surface area contributed by atoms with Crippen LogP contribution in [-0.2, 0) is 13.1 Å². The van der Waals surface area contributed by atoms with Crippen molar-refractivity contribution in [3.05, 3.63) is 35.6 Å². The lowest BCUT2D eigenvalue weighted by Crippen LogP contribution is -2.32. The van der Waals surface area contributed by atoms with Crippen molar-refractivity contribution in [3.63, 3.8) is 0 Å². The Balaban J connectivity index is 2.32. The van der Waals surface area contributed by atoms with Gasteiger partial charge in [0.2, 0.25) is 0 Å². The summed E-state index contributed by atoms with van der Waals surface area (Å²) in [5, 5.41) is 4.68. The molecule has 3 heteroatoms. The Morgan fingerprint density at radius 2 is 1.95 bits per heavy atom. The van der Waals surface area contributed by atoms with Gasteiger partial charge >= 0.3 is 0 Å². The first-order valence-electron chi connectivity index (χ1n) is 8.15. The Bertz CT molecular complexity index is 561. The molecule has 0 saturated heterocycles. The third kappa shape index (κ3) is 3.66. The second-order valence-corrected chi connectivity index (χ2v) is 5.60. The summed E-state index contributed by atoms with van der Waals surface area (Å²) in [4.78, 5) is 2.48. The van der Waals surface area contributed by atoms with Gasteiger partial charge in [-0.1, -0.05) is 39.0 Å². The number of para-hydroxylation sites is 1. The Labute approximate surface area is 128 Å². The van der Waals surface area contributed by atoms with Crippen LogP contribution < -0.4 is 5.32 Å². The first kappa shape index (κ1) is 16.1. The third-order valence-corrected chi connectivity index (χ3v) is 4.30. The minimum Gasteiger partial charge on any atom is -0.459 e. The highest BCUT2D eigenvalue weighted by Crippen LogP contribution is 2.27. The van der Waals surface area contributed by atoms with E-state index in [4.69, 9.17) is 4.42 Å². The molecular formula is C18H28N2O. The zero-order valence-electron chi connectivity index (χ0n) is 13.8. The lowest BCUT2D eigenvalue weighted by atomic mass is 10.1. The van der Waals surface area contributed by atoms with E-state index < -0.39 is 0 Å². The van der Waals surface area contributed by atoms with Gasteiger partial charge in [-0.05, 0) is 32.5 Å². The van der Waals surface area contributed by atoms with Crippen LogP contribution in [0.5, 0.6) is 0 Å². The van der Waals surface area contributed by atoms with Crippen LogP contribution >= 0.6 is 0 Å². The van der Waals surface area contributed by atoms with Crippen molar-refractivity contribution in [2.75, 3.05) is 13.1 Å². The van der Waals surface area contributed by atoms with Gasteiger partial charge in [0, 0.05) is 23.5 Å². The van der Waals surface area contributed by atoms with Gasteiger partial charge in [0.05, 0.1) is 6.54 Å². The topological polar surface area (TPSA) is 28.4 Å². The molecule has 0 spiro atoms. The average Bonchev–Trinajstić information content (AvgIpc) is 2.87. The molecule has 2 rings (SSSR count). The SMILES string of the molecule is CCNCc1c(CN(CC)C(C)CC)oc2ccccc12. The largest absolute Gasteiger partial charge is 0.459 e. The average molecular weight is 288 g/mol. The number of benzene rings is 1. The van der Waals surface area contributed by atoms with Crippen molar-refractivity contribution < 1.29 is 4.42 Å². The number of rotatable bonds is 8. The summed E-state index contributed by atoms with van der Waals surface area (Å²) >= 11 is 0. The fourth-order valence-electron chi connectivity index (χ4n) is 2.74. The second-order valence-electron chi connectivity index (χ2n) is 5.60. The number of hydrogen-bond acceptors (Lipinski definition) is 3. The van der Waals surface area contributed by atoms with Crippen LogP contribution in [0, 0.1) is 0 Å². The maximum atomic E-state index is 6.14. The maximum Gasteiger partial charge on any atom is 0.134 e. The van der Waals surface area contributed by atoms with Gasteiger partial charge in [-0.15, -0.1) is 0 Å². The fourth-order valence-corrected chi connectivity index (χ4v) is 2.74. The lowest BCUT2D eigenvalue weighted by molar-refractivity contribution is 0.191. The summed E-state index contributed by atoms with van der Waals surface area (Å²) in [7, 11) is 0. The molecule has 21 heavy (non-hydrogen) atoms. The molecule has 116 valence electrons. The molecule has 2 aromatic rings. The van der Waals surface area contributed by atoms with Crippen LogP contribution in [0.4, 0.5) is 0 Å². The Morgan fingerprint density at radius 3 is 2.62 bits per heavy atom. The van der Waals surface area contributed by atoms with Gasteiger partial charge in [-0.2, -0.15) is 0 Å². The predicted octanol–water partition coefficient (Wildman–Crippen LogP) is 4.16. The summed E-state index contributed by atoms with van der Waals surface area (Å²) in [6, 6.07) is 8.93. The number of furan rings is 1. The van der Waals surface area contributed by atoms with E-state index in [9.17, 15) is 0 Å². The van der Waals surface area contributed by atoms with E-state index in [1.165, 1.54) is 10.9 Å². The van der Waals surface area contributed by atoms with Crippen LogP contribution in [0.1, 0.15) is 45.4 Å². The van der Waals surface area contributed by atoms with E-state index in [0.717, 1.165) is 43.9 Å². The number of hydrogen-bond donors (Lipinski definition) is 1. The molecule has 1 atom stereocenters. The molecule has 0 saturated carbocycles. The summed E-state index contributed by atoms with van der Waals surface area (Å²) < 4.78 is 6.14. The van der Waals surface area contributed by atoms with Gasteiger partial charge in [-0.25, -0.2) is 0 Å². The Kier molecular flexibility index (Phi) is 5.83. The maximum absolute atomic E-state index is 6.14. The van der Waals surface area contributed by atoms with E-state index >= 15 is 0 Å². The summed E-state index contributed by atoms with van der Waals surface area (Å²) in [6.07, 6.45) is 1.16. The van der Waals surface area contributed by atoms with Gasteiger partial charge < -0.3 is 9.73 Å². The molecule has 0 aliphatic heterocycles. The van der Waals surface area contributed by atoms with Gasteiger partial charge in [0.1, 0.15) is 11.3 Å². The monoisotopic (exact) mass is 288 g/mol. The highest BCUT2D eigenvalue weighted by atomic mass is 16.3. The van der Waals surface area contributed by atoms with Crippen molar-refractivity contribution >= 4 is 11.0 Å². The van der Waals surface area contributed by atoms with E-state index in [-0.39, 0.29) is 0 Å². The highest BCUT2D eigenvalue weighted by Gasteiger charge is 2.18. The number of nitrogens with zero attached hydrogens (tertiary/aromatic N) is 1. The molecule has 1 unspecified atom stereocenters. The van der Waals surface area contributed by atoms with Crippen LogP contribution in [-0.4, -0.2) is 24.0 Å². The minimum absolute atomic E-state index is 0.579. The van der Waals surface area contributed by atoms with Crippen molar-refractivity contribution in [1.29, 1.82) is 0 Å². The first-order chi connectivity index (χ1) is 10.2. The molecule has 0 fully saturated rings. The number of nitrogens with one attached hydrogen (secondary N) is 1. The molecule has 0 aliphatic rings. The number of fused-ring (bicyclic) bond motifs is 1. The molecule has 3 nitrogen and oxygen atoms in total. The molecule has 0 amide bonds. The molecule has 1 aromatic carbocycles. The van der Waals surface area contributed by atoms with Crippen LogP contribution in [0.2, 0.25) is 0 Å². The summed E-state index contributed by atoms with van der Waals surface area (Å²) in [6.45, 7) is 12.7. The predicted molar refractivity (Wildman–Crippen MR) is 89.4 cm³/mol. The fraction of sp³-hybridized carbons (Fsp3) is 0.556. The Hall–Kier alpha value is -1.32. The van der Waals surface area contributed by atoms with Gasteiger partial charge in [0.15, 0.2) is 0 Å². The second kappa shape index (κ2) is 7.62. The Morgan fingerprint density at radius 1 is 1.19 bits per heavy atom. The molecule has 0 radical (unpaired) electrons. The van der Waals surface area contributed by atoms with Gasteiger partial charge in [-0.3, -0.25) is 4.90 Å². The molecule has 1 N–H and O–H groups in total. The minimum atomic E-state index is 0.579. The quantitative estimate of drug-likeness (QED) is 0.790. The third-order valence-electron chi connectivity index (χ3n) is 4.30. The molecule has 0 aliphatic carbocycles. The molecule has 1 heterocycles. The zero-order chi connectivity index (χ0) is 15.2. The summed E-state index contributed by atoms with van der Waals surface area (Å²) in [5.74, 6) is 1.11. The molecule has 1 aromatic heterocycles. The van der Waals surface area contributed by atoms with E-state index in [1.807, 2.05) is 6.07 Å². The molecular weight excluding hydrogens is 260 g/mol. The smallest absolute Gasteiger partial charge is 0.134 e. The zero-order valence-corrected chi connectivity index (χ0v) is 13.8. The van der Waals surface area contributed by atoms with Crippen LogP contribution in [0.15, 0.2) is 28.7 Å². The van der Waals surface area contributed by atoms with Crippen LogP contribution in [0.25, 0.3) is 11.0 Å². The first-order valence-corrected chi connectivity index (χ1v) is 8.15. The van der Waals surface area contributed by atoms with E-state index in [2.05, 4.69) is 56.1 Å². The van der Waals surface area contributed by atoms with Gasteiger partial charge in [0.25, 0.3) is 0 Å². The lowest BCUT2D eigenvalue weighted by Gasteiger charge is -2.26. The highest BCUT2D eigenvalue weighted by molar-refractivity contribution is 5.82. The van der Waals surface area contributed by atoms with E-state index in [0.29, 0.717) is 6.04 Å². The standard InChI is InChI=1S/C18H28N2O/c1-5-14(4)20(7-3)13-18-16(12-19-6-2)15-10-8-9-11-17(15)21-18/h8-11,14,19H,5-7,12-13H2,1-4H3.